The molecule has 6 rings (SSSR count). The lowest BCUT2D eigenvalue weighted by molar-refractivity contribution is -0.125. The van der Waals surface area contributed by atoms with Crippen molar-refractivity contribution >= 4 is 34.5 Å². The van der Waals surface area contributed by atoms with E-state index in [1.165, 1.54) is 12.8 Å². The van der Waals surface area contributed by atoms with E-state index < -0.39 is 5.41 Å². The fraction of sp³-hybridized carbons (Fsp3) is 0.407. The number of aromatic nitrogens is 2. The average Bonchev–Trinajstić information content (AvgIpc) is 3.42. The fourth-order valence-corrected chi connectivity index (χ4v) is 6.55. The second-order valence-electron chi connectivity index (χ2n) is 9.95. The number of halogens is 2. The molecular weight excluding hydrogens is 556 g/mol. The van der Waals surface area contributed by atoms with Crippen molar-refractivity contribution in [2.24, 2.45) is 0 Å². The number of amides is 1. The van der Waals surface area contributed by atoms with E-state index in [4.69, 9.17) is 0 Å². The molecule has 1 N–H and O–H groups in total. The zero-order valence-corrected chi connectivity index (χ0v) is 21.7. The molecule has 3 aromatic rings. The molecule has 2 saturated heterocycles. The molecule has 1 spiro atoms. The van der Waals surface area contributed by atoms with Crippen LogP contribution in [-0.2, 0) is 16.8 Å². The maximum atomic E-state index is 15.2. The van der Waals surface area contributed by atoms with Crippen molar-refractivity contribution < 1.29 is 9.18 Å². The van der Waals surface area contributed by atoms with E-state index in [0.717, 1.165) is 61.4 Å². The maximum Gasteiger partial charge on any atom is 0.238 e. The third-order valence-corrected chi connectivity index (χ3v) is 8.60. The minimum Gasteiger partial charge on any atom is -0.315 e. The molecule has 4 heterocycles. The van der Waals surface area contributed by atoms with Crippen LogP contribution in [0.4, 0.5) is 10.1 Å². The van der Waals surface area contributed by atoms with Crippen LogP contribution in [0.3, 0.4) is 0 Å². The van der Waals surface area contributed by atoms with Gasteiger partial charge in [0.1, 0.15) is 5.82 Å². The Morgan fingerprint density at radius 2 is 1.97 bits per heavy atom. The van der Waals surface area contributed by atoms with Crippen molar-refractivity contribution in [2.45, 2.75) is 43.7 Å². The summed E-state index contributed by atoms with van der Waals surface area (Å²) in [6.07, 6.45) is 7.65. The molecule has 0 aliphatic carbocycles. The van der Waals surface area contributed by atoms with Crippen molar-refractivity contribution in [3.05, 3.63) is 71.8 Å². The van der Waals surface area contributed by atoms with Crippen molar-refractivity contribution in [3.63, 3.8) is 0 Å². The molecule has 1 unspecified atom stereocenters. The Morgan fingerprint density at radius 3 is 2.69 bits per heavy atom. The van der Waals surface area contributed by atoms with Crippen LogP contribution in [0, 0.1) is 5.82 Å². The Hall–Kier alpha value is -2.30. The summed E-state index contributed by atoms with van der Waals surface area (Å²) in [5.74, 6) is -0.177. The number of hydrogen-bond donors (Lipinski definition) is 1. The highest BCUT2D eigenvalue weighted by Crippen LogP contribution is 2.48. The summed E-state index contributed by atoms with van der Waals surface area (Å²) in [7, 11) is 0. The Kier molecular flexibility index (Phi) is 6.14. The Morgan fingerprint density at radius 1 is 1.14 bits per heavy atom. The molecule has 2 aromatic carbocycles. The van der Waals surface area contributed by atoms with Gasteiger partial charge in [0.15, 0.2) is 0 Å². The molecule has 35 heavy (non-hydrogen) atoms. The summed E-state index contributed by atoms with van der Waals surface area (Å²) in [6.45, 7) is 4.24. The highest BCUT2D eigenvalue weighted by Gasteiger charge is 2.52. The molecular formula is C27H29FIN5O. The first kappa shape index (κ1) is 23.1. The van der Waals surface area contributed by atoms with Crippen molar-refractivity contribution in [1.82, 2.24) is 18.2 Å². The van der Waals surface area contributed by atoms with Crippen LogP contribution in [-0.4, -0.2) is 51.0 Å². The highest BCUT2D eigenvalue weighted by atomic mass is 127. The first-order valence-electron chi connectivity index (χ1n) is 12.4. The molecule has 1 atom stereocenters. The van der Waals surface area contributed by atoms with Crippen molar-refractivity contribution in [2.75, 3.05) is 31.1 Å². The number of carbonyl (C=O) groups excluding carboxylic acids is 1. The van der Waals surface area contributed by atoms with Gasteiger partial charge in [-0.05, 0) is 68.6 Å². The van der Waals surface area contributed by atoms with Crippen LogP contribution in [0.25, 0.3) is 11.1 Å². The fourth-order valence-electron chi connectivity index (χ4n) is 6.13. The van der Waals surface area contributed by atoms with E-state index in [9.17, 15) is 4.79 Å². The third kappa shape index (κ3) is 4.09. The normalized spacial score (nSPS) is 22.1. The van der Waals surface area contributed by atoms with Crippen molar-refractivity contribution in [1.29, 1.82) is 0 Å². The van der Waals surface area contributed by atoms with Gasteiger partial charge in [-0.1, -0.05) is 30.3 Å². The van der Waals surface area contributed by atoms with Crippen LogP contribution < -0.4 is 10.2 Å². The minimum atomic E-state index is -0.500. The van der Waals surface area contributed by atoms with Crippen molar-refractivity contribution in [3.8, 4) is 11.1 Å². The van der Waals surface area contributed by atoms with Gasteiger partial charge in [-0.3, -0.25) is 9.69 Å². The summed E-state index contributed by atoms with van der Waals surface area (Å²) in [4.78, 5) is 18.4. The number of likely N-dealkylation sites (tertiary alicyclic amines) is 1. The zero-order chi connectivity index (χ0) is 24.0. The first-order chi connectivity index (χ1) is 17.0. The Labute approximate surface area is 219 Å². The number of para-hydroxylation sites is 1. The molecule has 0 radical (unpaired) electrons. The minimum absolute atomic E-state index is 0.120. The maximum absolute atomic E-state index is 15.2. The molecule has 3 aliphatic rings. The van der Waals surface area contributed by atoms with Gasteiger partial charge in [0.2, 0.25) is 5.91 Å². The van der Waals surface area contributed by atoms with Gasteiger partial charge in [0, 0.05) is 35.6 Å². The molecule has 3 aliphatic heterocycles. The summed E-state index contributed by atoms with van der Waals surface area (Å²) in [6, 6.07) is 13.9. The van der Waals surface area contributed by atoms with Crippen LogP contribution in [0.2, 0.25) is 0 Å². The van der Waals surface area contributed by atoms with E-state index in [1.54, 1.807) is 21.2 Å². The number of anilines is 1. The van der Waals surface area contributed by atoms with Gasteiger partial charge in [0.05, 0.1) is 41.0 Å². The first-order valence-corrected chi connectivity index (χ1v) is 13.4. The number of fused-ring (bicyclic) bond motifs is 2. The Bertz CT molecular complexity index is 1250. The predicted molar refractivity (Wildman–Crippen MR) is 143 cm³/mol. The Balaban J connectivity index is 1.25. The standard InChI is InChI=1S/C27H29FIN5O/c28-24-14-19(21-15-31-34(29)18-21)7-8-20(24)17-33-25-6-2-1-5-23(25)27(26(33)35)9-12-32(13-10-27)22-4-3-11-30-16-22/h1-2,5-8,14-15,18,22,30H,3-4,9-13,16-17H2. The lowest BCUT2D eigenvalue weighted by atomic mass is 9.73. The smallest absolute Gasteiger partial charge is 0.238 e. The average molecular weight is 585 g/mol. The van der Waals surface area contributed by atoms with Gasteiger partial charge in [-0.25, -0.2) is 7.29 Å². The summed E-state index contributed by atoms with van der Waals surface area (Å²) >= 11 is 2.07. The number of piperidine rings is 2. The largest absolute Gasteiger partial charge is 0.315 e. The monoisotopic (exact) mass is 585 g/mol. The zero-order valence-electron chi connectivity index (χ0n) is 19.6. The van der Waals surface area contributed by atoms with Crippen LogP contribution in [0.15, 0.2) is 54.9 Å². The molecule has 6 nitrogen and oxygen atoms in total. The molecule has 182 valence electrons. The predicted octanol–water partition coefficient (Wildman–Crippen LogP) is 4.52. The lowest BCUT2D eigenvalue weighted by Crippen LogP contribution is -2.54. The molecule has 1 aromatic heterocycles. The van der Waals surface area contributed by atoms with Gasteiger partial charge in [-0.2, -0.15) is 5.10 Å². The molecule has 2 fully saturated rings. The number of nitrogens with one attached hydrogen (secondary N) is 1. The van der Waals surface area contributed by atoms with E-state index in [0.29, 0.717) is 11.6 Å². The van der Waals surface area contributed by atoms with E-state index in [1.807, 2.05) is 35.4 Å². The van der Waals surface area contributed by atoms with Gasteiger partial charge in [0.25, 0.3) is 0 Å². The molecule has 0 bridgehead atoms. The second kappa shape index (κ2) is 9.29. The number of rotatable bonds is 4. The van der Waals surface area contributed by atoms with Gasteiger partial charge >= 0.3 is 0 Å². The summed E-state index contributed by atoms with van der Waals surface area (Å²) < 4.78 is 16.9. The van der Waals surface area contributed by atoms with Crippen LogP contribution in [0.1, 0.15) is 36.8 Å². The second-order valence-corrected chi connectivity index (χ2v) is 10.9. The summed E-state index contributed by atoms with van der Waals surface area (Å²) in [5.41, 5.74) is 3.72. The van der Waals surface area contributed by atoms with Gasteiger partial charge < -0.3 is 10.2 Å². The van der Waals surface area contributed by atoms with Crippen LogP contribution in [0.5, 0.6) is 0 Å². The van der Waals surface area contributed by atoms with Crippen LogP contribution >= 0.6 is 22.9 Å². The third-order valence-electron chi connectivity index (χ3n) is 8.07. The van der Waals surface area contributed by atoms with Gasteiger partial charge in [-0.15, -0.1) is 0 Å². The summed E-state index contributed by atoms with van der Waals surface area (Å²) in [5, 5.41) is 7.68. The quantitative estimate of drug-likeness (QED) is 0.458. The topological polar surface area (TPSA) is 53.4 Å². The van der Waals surface area contributed by atoms with E-state index in [2.05, 4.69) is 44.2 Å². The number of carbonyl (C=O) groups is 1. The number of hydrogen-bond acceptors (Lipinski definition) is 4. The lowest BCUT2D eigenvalue weighted by Gasteiger charge is -2.43. The molecule has 0 saturated carbocycles. The number of benzene rings is 2. The number of nitrogens with zero attached hydrogens (tertiary/aromatic N) is 4. The highest BCUT2D eigenvalue weighted by molar-refractivity contribution is 14.1. The molecule has 8 heteroatoms. The van der Waals surface area contributed by atoms with E-state index >= 15 is 4.39 Å². The molecule has 1 amide bonds. The SMILES string of the molecule is O=C1N(Cc2ccc(-c3cnn(I)c3)cc2F)c2ccccc2C12CCN(C1CCCNC1)CC2. The van der Waals surface area contributed by atoms with E-state index in [-0.39, 0.29) is 18.3 Å².